The van der Waals surface area contributed by atoms with E-state index in [4.69, 9.17) is 14.2 Å². The van der Waals surface area contributed by atoms with Crippen molar-refractivity contribution in [2.24, 2.45) is 0 Å². The molecule has 0 amide bonds. The molecule has 0 aromatic carbocycles. The molecule has 0 N–H and O–H groups in total. The van der Waals surface area contributed by atoms with E-state index in [2.05, 4.69) is 57.2 Å². The van der Waals surface area contributed by atoms with Crippen molar-refractivity contribution in [3.63, 3.8) is 0 Å². The lowest BCUT2D eigenvalue weighted by Crippen LogP contribution is -2.30. The molecule has 0 spiro atoms. The maximum absolute atomic E-state index is 12.9. The highest BCUT2D eigenvalue weighted by Gasteiger charge is 2.18. The highest BCUT2D eigenvalue weighted by atomic mass is 16.6. The topological polar surface area (TPSA) is 61.8 Å². The van der Waals surface area contributed by atoms with Gasteiger partial charge < -0.3 is 14.2 Å². The molecule has 1 atom stereocenters. The van der Waals surface area contributed by atoms with Crippen LogP contribution in [0.4, 0.5) is 0 Å². The molecule has 0 radical (unpaired) electrons. The summed E-state index contributed by atoms with van der Waals surface area (Å²) >= 11 is 0. The summed E-state index contributed by atoms with van der Waals surface area (Å²) in [7, 11) is 0. The molecule has 0 aliphatic carbocycles. The Bertz CT molecular complexity index is 1110. The van der Waals surface area contributed by atoms with E-state index in [1.165, 1.54) is 270 Å². The number of hydrogen-bond acceptors (Lipinski definition) is 5. The summed E-state index contributed by atoms with van der Waals surface area (Å²) in [5.41, 5.74) is 0. The summed E-state index contributed by atoms with van der Waals surface area (Å²) in [4.78, 5) is 25.6. The zero-order valence-electron chi connectivity index (χ0n) is 47.6. The zero-order chi connectivity index (χ0) is 50.6. The quantitative estimate of drug-likeness (QED) is 0.0345. The van der Waals surface area contributed by atoms with Crippen LogP contribution in [0.3, 0.4) is 0 Å². The maximum Gasteiger partial charge on any atom is 0.306 e. The van der Waals surface area contributed by atoms with Gasteiger partial charge in [-0.2, -0.15) is 0 Å². The van der Waals surface area contributed by atoms with Crippen LogP contribution >= 0.6 is 0 Å². The molecule has 412 valence electrons. The minimum Gasteiger partial charge on any atom is -0.462 e. The number of ether oxygens (including phenoxy) is 3. The molecule has 1 unspecified atom stereocenters. The molecule has 5 heteroatoms. The van der Waals surface area contributed by atoms with E-state index < -0.39 is 6.10 Å². The highest BCUT2D eigenvalue weighted by Crippen LogP contribution is 2.17. The Morgan fingerprint density at radius 2 is 0.600 bits per heavy atom. The zero-order valence-corrected chi connectivity index (χ0v) is 47.6. The predicted molar refractivity (Wildman–Crippen MR) is 307 cm³/mol. The summed E-state index contributed by atoms with van der Waals surface area (Å²) in [6.07, 6.45) is 76.0. The number of allylic oxidation sites excluding steroid dienone is 6. The van der Waals surface area contributed by atoms with Crippen LogP contribution in [-0.4, -0.2) is 37.9 Å². The Morgan fingerprint density at radius 1 is 0.314 bits per heavy atom. The molecule has 70 heavy (non-hydrogen) atoms. The van der Waals surface area contributed by atoms with Gasteiger partial charge in [0.15, 0.2) is 6.10 Å². The minimum atomic E-state index is -0.537. The van der Waals surface area contributed by atoms with E-state index >= 15 is 0 Å². The highest BCUT2D eigenvalue weighted by molar-refractivity contribution is 5.70. The summed E-state index contributed by atoms with van der Waals surface area (Å²) in [5, 5.41) is 0. The molecule has 0 aliphatic heterocycles. The molecule has 0 heterocycles. The third-order valence-electron chi connectivity index (χ3n) is 14.1. The van der Waals surface area contributed by atoms with E-state index in [0.29, 0.717) is 26.1 Å². The molecule has 0 saturated carbocycles. The van der Waals surface area contributed by atoms with Crippen molar-refractivity contribution in [1.29, 1.82) is 0 Å². The Balaban J connectivity index is 4.24. The van der Waals surface area contributed by atoms with Crippen LogP contribution in [0, 0.1) is 0 Å². The standard InChI is InChI=1S/C65H122O5/c1-4-7-10-13-16-19-22-25-28-31-33-35-37-40-43-46-49-52-55-58-64(66)69-62-63(61-68-60-57-54-51-48-45-42-39-36-32-29-26-23-20-17-14-11-8-5-2)70-65(67)59-56-53-50-47-44-41-38-34-30-27-24-21-18-15-12-9-6-3/h16,19,25,27-28,30,63H,4-15,17-18,20-24,26,29,31-62H2,1-3H3/b19-16-,28-25-,30-27-. The Kier molecular flexibility index (Phi) is 59.8. The van der Waals surface area contributed by atoms with Crippen molar-refractivity contribution >= 4 is 11.9 Å². The van der Waals surface area contributed by atoms with Gasteiger partial charge in [-0.15, -0.1) is 0 Å². The van der Waals surface area contributed by atoms with E-state index in [9.17, 15) is 9.59 Å². The fourth-order valence-electron chi connectivity index (χ4n) is 9.42. The first-order chi connectivity index (χ1) is 34.6. The van der Waals surface area contributed by atoms with Crippen LogP contribution in [0.25, 0.3) is 0 Å². The fourth-order valence-corrected chi connectivity index (χ4v) is 9.42. The van der Waals surface area contributed by atoms with Crippen molar-refractivity contribution in [1.82, 2.24) is 0 Å². The van der Waals surface area contributed by atoms with Gasteiger partial charge in [-0.05, 0) is 77.0 Å². The van der Waals surface area contributed by atoms with Crippen LogP contribution < -0.4 is 0 Å². The van der Waals surface area contributed by atoms with Gasteiger partial charge >= 0.3 is 11.9 Å². The van der Waals surface area contributed by atoms with Crippen molar-refractivity contribution in [3.8, 4) is 0 Å². The van der Waals surface area contributed by atoms with Crippen molar-refractivity contribution in [3.05, 3.63) is 36.5 Å². The van der Waals surface area contributed by atoms with Gasteiger partial charge in [0.2, 0.25) is 0 Å². The number of unbranched alkanes of at least 4 members (excludes halogenated alkanes) is 42. The third-order valence-corrected chi connectivity index (χ3v) is 14.1. The monoisotopic (exact) mass is 983 g/mol. The predicted octanol–water partition coefficient (Wildman–Crippen LogP) is 21.7. The molecule has 5 nitrogen and oxygen atoms in total. The average Bonchev–Trinajstić information content (AvgIpc) is 3.36. The number of esters is 2. The first-order valence-corrected chi connectivity index (χ1v) is 31.5. The van der Waals surface area contributed by atoms with Gasteiger partial charge in [0.05, 0.1) is 6.61 Å². The van der Waals surface area contributed by atoms with Crippen molar-refractivity contribution < 1.29 is 23.8 Å². The van der Waals surface area contributed by atoms with Crippen LogP contribution in [0.2, 0.25) is 0 Å². The second-order valence-electron chi connectivity index (χ2n) is 21.3. The lowest BCUT2D eigenvalue weighted by Gasteiger charge is -2.18. The molecule has 0 aromatic rings. The molecule has 0 saturated heterocycles. The molecule has 0 aromatic heterocycles. The molecule has 0 aliphatic rings. The molecule has 0 bridgehead atoms. The van der Waals surface area contributed by atoms with E-state index in [1.54, 1.807) is 0 Å². The summed E-state index contributed by atoms with van der Waals surface area (Å²) < 4.78 is 17.6. The van der Waals surface area contributed by atoms with Gasteiger partial charge in [-0.3, -0.25) is 9.59 Å². The smallest absolute Gasteiger partial charge is 0.306 e. The Labute approximate surface area is 438 Å². The molecule has 0 rings (SSSR count). The van der Waals surface area contributed by atoms with Crippen LogP contribution in [0.15, 0.2) is 36.5 Å². The van der Waals surface area contributed by atoms with Crippen molar-refractivity contribution in [2.75, 3.05) is 19.8 Å². The number of rotatable bonds is 59. The fraction of sp³-hybridized carbons (Fsp3) is 0.877. The van der Waals surface area contributed by atoms with E-state index in [0.717, 1.165) is 38.5 Å². The third kappa shape index (κ3) is 58.7. The summed E-state index contributed by atoms with van der Waals surface area (Å²) in [5.74, 6) is -0.385. The van der Waals surface area contributed by atoms with Gasteiger partial charge in [0.1, 0.15) is 6.61 Å². The second-order valence-corrected chi connectivity index (χ2v) is 21.3. The van der Waals surface area contributed by atoms with Crippen LogP contribution in [0.1, 0.15) is 342 Å². The van der Waals surface area contributed by atoms with E-state index in [-0.39, 0.29) is 18.5 Å². The van der Waals surface area contributed by atoms with Gasteiger partial charge in [-0.1, -0.05) is 288 Å². The minimum absolute atomic E-state index is 0.0872. The van der Waals surface area contributed by atoms with Crippen LogP contribution in [-0.2, 0) is 23.8 Å². The normalized spacial score (nSPS) is 12.3. The maximum atomic E-state index is 12.9. The number of carbonyl (C=O) groups excluding carboxylic acids is 2. The van der Waals surface area contributed by atoms with Crippen LogP contribution in [0.5, 0.6) is 0 Å². The lowest BCUT2D eigenvalue weighted by molar-refractivity contribution is -0.163. The Hall–Kier alpha value is -1.88. The molecular formula is C65H122O5. The number of hydrogen-bond donors (Lipinski definition) is 0. The summed E-state index contributed by atoms with van der Waals surface area (Å²) in [6.45, 7) is 7.87. The largest absolute Gasteiger partial charge is 0.462 e. The second kappa shape index (κ2) is 61.4. The average molecular weight is 984 g/mol. The lowest BCUT2D eigenvalue weighted by atomic mass is 10.0. The van der Waals surface area contributed by atoms with Crippen molar-refractivity contribution in [2.45, 2.75) is 348 Å². The first kappa shape index (κ1) is 68.1. The Morgan fingerprint density at radius 3 is 0.986 bits per heavy atom. The van der Waals surface area contributed by atoms with Gasteiger partial charge in [0, 0.05) is 19.4 Å². The van der Waals surface area contributed by atoms with Gasteiger partial charge in [0.25, 0.3) is 0 Å². The molecule has 0 fully saturated rings. The number of carbonyl (C=O) groups is 2. The van der Waals surface area contributed by atoms with E-state index in [1.807, 2.05) is 0 Å². The van der Waals surface area contributed by atoms with Gasteiger partial charge in [-0.25, -0.2) is 0 Å². The summed E-state index contributed by atoms with van der Waals surface area (Å²) in [6, 6.07) is 0. The first-order valence-electron chi connectivity index (χ1n) is 31.5. The SMILES string of the molecule is CCCCC/C=C\C/C=C\CCCCCCCCCCCC(=O)OCC(COCCCCCCCCCCCCCCCCCCCC)OC(=O)CCCCCCCCC/C=C\CCCCCCCC. The molecular weight excluding hydrogens is 861 g/mol.